The Kier molecular flexibility index (Phi) is 3.63. The van der Waals surface area contributed by atoms with Crippen LogP contribution in [0.4, 0.5) is 0 Å². The molecule has 0 bridgehead atoms. The summed E-state index contributed by atoms with van der Waals surface area (Å²) >= 11 is 0. The van der Waals surface area contributed by atoms with E-state index in [1.165, 1.54) is 0 Å². The van der Waals surface area contributed by atoms with Gasteiger partial charge in [-0.25, -0.2) is 0 Å². The normalized spacial score (nSPS) is 38.1. The number of hydrogen-bond donors (Lipinski definition) is 2. The third kappa shape index (κ3) is 1.62. The number of aliphatic hydroxyl groups excluding tert-OH is 1. The minimum atomic E-state index is 0. The highest BCUT2D eigenvalue weighted by Crippen LogP contribution is 2.43. The molecular formula is C7H16ClNO. The third-order valence-corrected chi connectivity index (χ3v) is 2.33. The Morgan fingerprint density at radius 1 is 1.60 bits per heavy atom. The van der Waals surface area contributed by atoms with Crippen molar-refractivity contribution >= 4 is 12.4 Å². The Balaban J connectivity index is 0.000000810. The highest BCUT2D eigenvalue weighted by Gasteiger charge is 2.39. The van der Waals surface area contributed by atoms with E-state index in [2.05, 4.69) is 6.92 Å². The molecule has 1 saturated carbocycles. The van der Waals surface area contributed by atoms with Crippen molar-refractivity contribution in [2.24, 2.45) is 17.1 Å². The van der Waals surface area contributed by atoms with E-state index < -0.39 is 0 Å². The monoisotopic (exact) mass is 165 g/mol. The molecule has 0 aromatic carbocycles. The van der Waals surface area contributed by atoms with Crippen molar-refractivity contribution in [3.63, 3.8) is 0 Å². The number of hydrogen-bond acceptors (Lipinski definition) is 2. The third-order valence-electron chi connectivity index (χ3n) is 2.33. The quantitative estimate of drug-likeness (QED) is 0.635. The standard InChI is InChI=1S/C7H15NO.ClH/c1-6-2-7(3-6,4-8)5-9;/h6,9H,2-5,8H2,1H3;1H. The van der Waals surface area contributed by atoms with Gasteiger partial charge in [-0.15, -0.1) is 12.4 Å². The van der Waals surface area contributed by atoms with E-state index in [9.17, 15) is 0 Å². The average molecular weight is 166 g/mol. The SMILES string of the molecule is CC1CC(CN)(CO)C1.Cl. The molecule has 0 unspecified atom stereocenters. The molecule has 0 heterocycles. The van der Waals surface area contributed by atoms with Crippen LogP contribution in [0, 0.1) is 11.3 Å². The summed E-state index contributed by atoms with van der Waals surface area (Å²) in [5, 5.41) is 8.87. The molecule has 3 N–H and O–H groups in total. The van der Waals surface area contributed by atoms with E-state index in [0.717, 1.165) is 18.8 Å². The lowest BCUT2D eigenvalue weighted by molar-refractivity contribution is 0.0106. The zero-order valence-electron chi connectivity index (χ0n) is 6.34. The van der Waals surface area contributed by atoms with Crippen molar-refractivity contribution in [1.82, 2.24) is 0 Å². The molecule has 62 valence electrons. The number of nitrogens with two attached hydrogens (primary N) is 1. The highest BCUT2D eigenvalue weighted by molar-refractivity contribution is 5.85. The molecular weight excluding hydrogens is 150 g/mol. The Hall–Kier alpha value is 0.210. The van der Waals surface area contributed by atoms with Gasteiger partial charge in [-0.1, -0.05) is 6.92 Å². The van der Waals surface area contributed by atoms with E-state index in [-0.39, 0.29) is 24.4 Å². The number of aliphatic hydroxyl groups is 1. The van der Waals surface area contributed by atoms with Crippen molar-refractivity contribution in [2.45, 2.75) is 19.8 Å². The first-order valence-electron chi connectivity index (χ1n) is 3.53. The van der Waals surface area contributed by atoms with Crippen LogP contribution in [-0.2, 0) is 0 Å². The summed E-state index contributed by atoms with van der Waals surface area (Å²) in [6, 6.07) is 0. The molecule has 1 rings (SSSR count). The van der Waals surface area contributed by atoms with E-state index in [4.69, 9.17) is 10.8 Å². The fourth-order valence-corrected chi connectivity index (χ4v) is 1.78. The van der Waals surface area contributed by atoms with E-state index in [1.54, 1.807) is 0 Å². The summed E-state index contributed by atoms with van der Waals surface area (Å²) in [5.41, 5.74) is 5.59. The van der Waals surface area contributed by atoms with Crippen LogP contribution in [0.15, 0.2) is 0 Å². The summed E-state index contributed by atoms with van der Waals surface area (Å²) in [4.78, 5) is 0. The maximum Gasteiger partial charge on any atom is 0.0499 e. The van der Waals surface area contributed by atoms with Gasteiger partial charge in [-0.3, -0.25) is 0 Å². The molecule has 1 fully saturated rings. The molecule has 1 aliphatic carbocycles. The van der Waals surface area contributed by atoms with E-state index in [1.807, 2.05) is 0 Å². The van der Waals surface area contributed by atoms with Crippen molar-refractivity contribution in [3.05, 3.63) is 0 Å². The van der Waals surface area contributed by atoms with Gasteiger partial charge >= 0.3 is 0 Å². The van der Waals surface area contributed by atoms with Crippen LogP contribution in [0.5, 0.6) is 0 Å². The topological polar surface area (TPSA) is 46.2 Å². The van der Waals surface area contributed by atoms with Crippen LogP contribution >= 0.6 is 12.4 Å². The minimum absolute atomic E-state index is 0. The van der Waals surface area contributed by atoms with Gasteiger partial charge in [0.2, 0.25) is 0 Å². The zero-order valence-corrected chi connectivity index (χ0v) is 7.16. The summed E-state index contributed by atoms with van der Waals surface area (Å²) < 4.78 is 0. The Labute approximate surface area is 68.2 Å². The zero-order chi connectivity index (χ0) is 6.91. The highest BCUT2D eigenvalue weighted by atomic mass is 35.5. The maximum atomic E-state index is 8.87. The van der Waals surface area contributed by atoms with Gasteiger partial charge in [0.15, 0.2) is 0 Å². The van der Waals surface area contributed by atoms with Crippen molar-refractivity contribution in [1.29, 1.82) is 0 Å². The largest absolute Gasteiger partial charge is 0.396 e. The van der Waals surface area contributed by atoms with Crippen LogP contribution in [0.1, 0.15) is 19.8 Å². The molecule has 0 spiro atoms. The molecule has 0 aromatic rings. The number of rotatable bonds is 2. The Bertz CT molecular complexity index is 95.8. The van der Waals surface area contributed by atoms with Crippen molar-refractivity contribution < 1.29 is 5.11 Å². The molecule has 10 heavy (non-hydrogen) atoms. The Morgan fingerprint density at radius 2 is 2.10 bits per heavy atom. The summed E-state index contributed by atoms with van der Waals surface area (Å²) in [6.07, 6.45) is 2.22. The average Bonchev–Trinajstić information content (AvgIpc) is 1.81. The van der Waals surface area contributed by atoms with E-state index >= 15 is 0 Å². The summed E-state index contributed by atoms with van der Waals surface area (Å²) in [6.45, 7) is 3.12. The molecule has 0 aliphatic heterocycles. The first-order chi connectivity index (χ1) is 4.22. The lowest BCUT2D eigenvalue weighted by Gasteiger charge is -2.44. The van der Waals surface area contributed by atoms with Crippen LogP contribution in [-0.4, -0.2) is 18.3 Å². The lowest BCUT2D eigenvalue weighted by atomic mass is 9.63. The fraction of sp³-hybridized carbons (Fsp3) is 1.00. The molecule has 0 saturated heterocycles. The van der Waals surface area contributed by atoms with Crippen LogP contribution in [0.3, 0.4) is 0 Å². The molecule has 0 radical (unpaired) electrons. The van der Waals surface area contributed by atoms with E-state index in [0.29, 0.717) is 6.54 Å². The van der Waals surface area contributed by atoms with Gasteiger partial charge in [0.05, 0.1) is 0 Å². The fourth-order valence-electron chi connectivity index (χ4n) is 1.78. The molecule has 1 aliphatic rings. The molecule has 0 amide bonds. The predicted molar refractivity (Wildman–Crippen MR) is 44.2 cm³/mol. The number of halogens is 1. The van der Waals surface area contributed by atoms with Gasteiger partial charge in [0, 0.05) is 18.6 Å². The van der Waals surface area contributed by atoms with Gasteiger partial charge in [0.25, 0.3) is 0 Å². The maximum absolute atomic E-state index is 8.87. The molecule has 3 heteroatoms. The van der Waals surface area contributed by atoms with Crippen LogP contribution < -0.4 is 5.73 Å². The second-order valence-corrected chi connectivity index (χ2v) is 3.38. The first kappa shape index (κ1) is 10.2. The summed E-state index contributed by atoms with van der Waals surface area (Å²) in [5.74, 6) is 0.778. The second-order valence-electron chi connectivity index (χ2n) is 3.38. The first-order valence-corrected chi connectivity index (χ1v) is 3.53. The smallest absolute Gasteiger partial charge is 0.0499 e. The van der Waals surface area contributed by atoms with Crippen LogP contribution in [0.25, 0.3) is 0 Å². The molecule has 0 aromatic heterocycles. The van der Waals surface area contributed by atoms with Crippen molar-refractivity contribution in [3.8, 4) is 0 Å². The van der Waals surface area contributed by atoms with Gasteiger partial charge < -0.3 is 10.8 Å². The molecule has 0 atom stereocenters. The van der Waals surface area contributed by atoms with Crippen molar-refractivity contribution in [2.75, 3.05) is 13.2 Å². The summed E-state index contributed by atoms with van der Waals surface area (Å²) in [7, 11) is 0. The predicted octanol–water partition coefficient (Wildman–Crippen LogP) is 0.775. The Morgan fingerprint density at radius 3 is 2.20 bits per heavy atom. The second kappa shape index (κ2) is 3.56. The lowest BCUT2D eigenvalue weighted by Crippen LogP contribution is -2.44. The van der Waals surface area contributed by atoms with Gasteiger partial charge in [-0.05, 0) is 18.8 Å². The van der Waals surface area contributed by atoms with Gasteiger partial charge in [-0.2, -0.15) is 0 Å². The minimum Gasteiger partial charge on any atom is -0.396 e. The molecule has 2 nitrogen and oxygen atoms in total. The van der Waals surface area contributed by atoms with Crippen LogP contribution in [0.2, 0.25) is 0 Å². The van der Waals surface area contributed by atoms with Gasteiger partial charge in [0.1, 0.15) is 0 Å².